The summed E-state index contributed by atoms with van der Waals surface area (Å²) >= 11 is 0. The second-order valence-corrected chi connectivity index (χ2v) is 6.18. The molecule has 0 aliphatic rings. The second kappa shape index (κ2) is 7.66. The zero-order valence-corrected chi connectivity index (χ0v) is 15.1. The minimum atomic E-state index is -0.383. The molecule has 2 aromatic carbocycles. The molecular formula is C20H22FN3O2. The van der Waals surface area contributed by atoms with Crippen molar-refractivity contribution >= 4 is 10.9 Å². The standard InChI is InChI=1S/C20H22FN3O2/c1-4-24(12-14-9-10-18(26-3)16(21)11-14)13(2)19-22-17-8-6-5-7-15(17)20(25)23-19/h5-11,13H,4,12H2,1-3H3,(H,22,23,25)/t13-/m0/s1. The first-order chi connectivity index (χ1) is 12.5. The van der Waals surface area contributed by atoms with Crippen LogP contribution < -0.4 is 10.3 Å². The molecule has 26 heavy (non-hydrogen) atoms. The number of aromatic amines is 1. The molecule has 0 saturated heterocycles. The van der Waals surface area contributed by atoms with Gasteiger partial charge in [-0.1, -0.05) is 25.1 Å². The number of fused-ring (bicyclic) bond motifs is 1. The summed E-state index contributed by atoms with van der Waals surface area (Å²) in [5.41, 5.74) is 1.36. The van der Waals surface area contributed by atoms with Crippen LogP contribution in [0.25, 0.3) is 10.9 Å². The Balaban J connectivity index is 1.88. The van der Waals surface area contributed by atoms with Gasteiger partial charge < -0.3 is 9.72 Å². The van der Waals surface area contributed by atoms with Crippen LogP contribution in [0.15, 0.2) is 47.3 Å². The molecule has 0 bridgehead atoms. The van der Waals surface area contributed by atoms with E-state index in [2.05, 4.69) is 14.9 Å². The van der Waals surface area contributed by atoms with E-state index in [1.807, 2.05) is 38.1 Å². The van der Waals surface area contributed by atoms with E-state index in [0.717, 1.165) is 12.1 Å². The lowest BCUT2D eigenvalue weighted by atomic mass is 10.1. The first kappa shape index (κ1) is 18.1. The highest BCUT2D eigenvalue weighted by Gasteiger charge is 2.18. The molecule has 136 valence electrons. The first-order valence-electron chi connectivity index (χ1n) is 8.59. The molecule has 3 rings (SSSR count). The van der Waals surface area contributed by atoms with Crippen molar-refractivity contribution in [1.82, 2.24) is 14.9 Å². The molecule has 5 nitrogen and oxygen atoms in total. The third kappa shape index (κ3) is 3.60. The summed E-state index contributed by atoms with van der Waals surface area (Å²) in [6.07, 6.45) is 0. The summed E-state index contributed by atoms with van der Waals surface area (Å²) in [6.45, 7) is 5.27. The zero-order chi connectivity index (χ0) is 18.7. The third-order valence-electron chi connectivity index (χ3n) is 4.58. The zero-order valence-electron chi connectivity index (χ0n) is 15.1. The van der Waals surface area contributed by atoms with Crippen molar-refractivity contribution in [3.8, 4) is 5.75 Å². The molecule has 1 aromatic heterocycles. The van der Waals surface area contributed by atoms with E-state index in [1.165, 1.54) is 13.2 Å². The van der Waals surface area contributed by atoms with Gasteiger partial charge in [-0.15, -0.1) is 0 Å². The van der Waals surface area contributed by atoms with Crippen molar-refractivity contribution in [3.63, 3.8) is 0 Å². The molecule has 0 amide bonds. The molecular weight excluding hydrogens is 333 g/mol. The molecule has 3 aromatic rings. The SMILES string of the molecule is CCN(Cc1ccc(OC)c(F)c1)[C@@H](C)c1nc2ccccc2c(=O)[nH]1. The Kier molecular flexibility index (Phi) is 5.32. The van der Waals surface area contributed by atoms with Crippen molar-refractivity contribution in [2.45, 2.75) is 26.4 Å². The van der Waals surface area contributed by atoms with Crippen LogP contribution in [-0.4, -0.2) is 28.5 Å². The summed E-state index contributed by atoms with van der Waals surface area (Å²) in [5, 5.41) is 0.573. The number of rotatable bonds is 6. The number of nitrogens with zero attached hydrogens (tertiary/aromatic N) is 2. The highest BCUT2D eigenvalue weighted by molar-refractivity contribution is 5.77. The lowest BCUT2D eigenvalue weighted by Gasteiger charge is -2.27. The third-order valence-corrected chi connectivity index (χ3v) is 4.58. The number of aromatic nitrogens is 2. The van der Waals surface area contributed by atoms with Gasteiger partial charge in [0.05, 0.1) is 24.1 Å². The van der Waals surface area contributed by atoms with Crippen LogP contribution in [0.2, 0.25) is 0 Å². The van der Waals surface area contributed by atoms with Gasteiger partial charge in [0, 0.05) is 6.54 Å². The normalized spacial score (nSPS) is 12.5. The van der Waals surface area contributed by atoms with Crippen molar-refractivity contribution in [1.29, 1.82) is 0 Å². The smallest absolute Gasteiger partial charge is 0.258 e. The molecule has 0 radical (unpaired) electrons. The fourth-order valence-electron chi connectivity index (χ4n) is 3.04. The van der Waals surface area contributed by atoms with Crippen LogP contribution in [0.1, 0.15) is 31.3 Å². The van der Waals surface area contributed by atoms with E-state index in [4.69, 9.17) is 4.74 Å². The van der Waals surface area contributed by atoms with E-state index in [0.29, 0.717) is 23.3 Å². The molecule has 0 aliphatic heterocycles. The van der Waals surface area contributed by atoms with Crippen molar-refractivity contribution < 1.29 is 9.13 Å². The largest absolute Gasteiger partial charge is 0.494 e. The predicted octanol–water partition coefficient (Wildman–Crippen LogP) is 3.65. The van der Waals surface area contributed by atoms with Crippen LogP contribution in [0.3, 0.4) is 0 Å². The van der Waals surface area contributed by atoms with Crippen LogP contribution >= 0.6 is 0 Å². The Morgan fingerprint density at radius 1 is 1.27 bits per heavy atom. The van der Waals surface area contributed by atoms with Gasteiger partial charge in [0.15, 0.2) is 11.6 Å². The number of hydrogen-bond donors (Lipinski definition) is 1. The lowest BCUT2D eigenvalue weighted by molar-refractivity contribution is 0.205. The van der Waals surface area contributed by atoms with Crippen LogP contribution in [0.5, 0.6) is 5.75 Å². The van der Waals surface area contributed by atoms with Crippen molar-refractivity contribution in [2.24, 2.45) is 0 Å². The number of benzene rings is 2. The van der Waals surface area contributed by atoms with E-state index < -0.39 is 0 Å². The molecule has 1 atom stereocenters. The highest BCUT2D eigenvalue weighted by Crippen LogP contribution is 2.23. The van der Waals surface area contributed by atoms with Gasteiger partial charge in [0.1, 0.15) is 5.82 Å². The van der Waals surface area contributed by atoms with Gasteiger partial charge in [0.2, 0.25) is 0 Å². The molecule has 0 aliphatic carbocycles. The minimum Gasteiger partial charge on any atom is -0.494 e. The predicted molar refractivity (Wildman–Crippen MR) is 99.8 cm³/mol. The summed E-state index contributed by atoms with van der Waals surface area (Å²) in [6, 6.07) is 12.1. The number of H-pyrrole nitrogens is 1. The lowest BCUT2D eigenvalue weighted by Crippen LogP contribution is -2.29. The number of halogens is 1. The van der Waals surface area contributed by atoms with E-state index in [9.17, 15) is 9.18 Å². The molecule has 6 heteroatoms. The van der Waals surface area contributed by atoms with Gasteiger partial charge >= 0.3 is 0 Å². The molecule has 1 heterocycles. The van der Waals surface area contributed by atoms with Gasteiger partial charge in [-0.05, 0) is 43.3 Å². The van der Waals surface area contributed by atoms with Gasteiger partial charge in [-0.3, -0.25) is 9.69 Å². The van der Waals surface area contributed by atoms with Crippen LogP contribution in [0.4, 0.5) is 4.39 Å². The van der Waals surface area contributed by atoms with Crippen molar-refractivity contribution in [2.75, 3.05) is 13.7 Å². The fourth-order valence-corrected chi connectivity index (χ4v) is 3.04. The van der Waals surface area contributed by atoms with Crippen molar-refractivity contribution in [3.05, 3.63) is 70.0 Å². The monoisotopic (exact) mass is 355 g/mol. The van der Waals surface area contributed by atoms with Gasteiger partial charge in [-0.2, -0.15) is 0 Å². The van der Waals surface area contributed by atoms with Crippen LogP contribution in [-0.2, 0) is 6.54 Å². The average molecular weight is 355 g/mol. The molecule has 0 saturated carbocycles. The van der Waals surface area contributed by atoms with E-state index in [1.54, 1.807) is 12.1 Å². The Bertz CT molecular complexity index is 971. The summed E-state index contributed by atoms with van der Waals surface area (Å²) in [7, 11) is 1.44. The Labute approximate surface area is 151 Å². The van der Waals surface area contributed by atoms with Crippen LogP contribution in [0, 0.1) is 5.82 Å². The maximum Gasteiger partial charge on any atom is 0.258 e. The topological polar surface area (TPSA) is 58.2 Å². The quantitative estimate of drug-likeness (QED) is 0.733. The second-order valence-electron chi connectivity index (χ2n) is 6.18. The van der Waals surface area contributed by atoms with E-state index in [-0.39, 0.29) is 23.2 Å². The molecule has 0 spiro atoms. The van der Waals surface area contributed by atoms with Gasteiger partial charge in [-0.25, -0.2) is 9.37 Å². The number of para-hydroxylation sites is 1. The fraction of sp³-hybridized carbons (Fsp3) is 0.300. The number of ether oxygens (including phenoxy) is 1. The molecule has 1 N–H and O–H groups in total. The Morgan fingerprint density at radius 2 is 2.04 bits per heavy atom. The number of hydrogen-bond acceptors (Lipinski definition) is 4. The summed E-state index contributed by atoms with van der Waals surface area (Å²) in [5.74, 6) is 0.445. The Morgan fingerprint density at radius 3 is 2.73 bits per heavy atom. The maximum absolute atomic E-state index is 14.0. The first-order valence-corrected chi connectivity index (χ1v) is 8.59. The minimum absolute atomic E-state index is 0.123. The summed E-state index contributed by atoms with van der Waals surface area (Å²) in [4.78, 5) is 21.9. The van der Waals surface area contributed by atoms with Gasteiger partial charge in [0.25, 0.3) is 5.56 Å². The molecule has 0 unspecified atom stereocenters. The number of nitrogens with one attached hydrogen (secondary N) is 1. The maximum atomic E-state index is 14.0. The summed E-state index contributed by atoms with van der Waals surface area (Å²) < 4.78 is 18.9. The average Bonchev–Trinajstić information content (AvgIpc) is 2.65. The highest BCUT2D eigenvalue weighted by atomic mass is 19.1. The molecule has 0 fully saturated rings. The van der Waals surface area contributed by atoms with E-state index >= 15 is 0 Å². The number of methoxy groups -OCH3 is 1. The Hall–Kier alpha value is -2.73.